The highest BCUT2D eigenvalue weighted by Crippen LogP contribution is 2.96. The van der Waals surface area contributed by atoms with Crippen molar-refractivity contribution in [3.63, 3.8) is 0 Å². The van der Waals surface area contributed by atoms with E-state index in [9.17, 15) is 0 Å². The number of fused-ring (bicyclic) bond motifs is 1. The molecule has 12 aliphatic rings. The van der Waals surface area contributed by atoms with Gasteiger partial charge in [-0.15, -0.1) is 0 Å². The Morgan fingerprint density at radius 2 is 0.490 bits per heavy atom. The highest BCUT2D eigenvalue weighted by atomic mass is 14.9. The Labute approximate surface area is 547 Å². The van der Waals surface area contributed by atoms with Gasteiger partial charge in [0.2, 0.25) is 0 Å². The number of benzene rings is 20. The van der Waals surface area contributed by atoms with E-state index >= 15 is 0 Å². The van der Waals surface area contributed by atoms with Crippen LogP contribution in [0.4, 0.5) is 0 Å². The second-order valence-electron chi connectivity index (χ2n) is 33.6. The molecule has 26 aromatic carbocycles. The molecule has 0 radical (unpaired) electrons. The average Bonchev–Trinajstić information content (AvgIpc) is 1.36. The third-order valence-corrected chi connectivity index (χ3v) is 32.7. The largest absolute Gasteiger partial charge is 0.264 e. The Hall–Kier alpha value is -12.0. The highest BCUT2D eigenvalue weighted by molar-refractivity contribution is 6.77. The summed E-state index contributed by atoms with van der Waals surface area (Å²) < 4.78 is 0. The minimum Gasteiger partial charge on any atom is -0.264 e. The van der Waals surface area contributed by atoms with Crippen molar-refractivity contribution in [2.75, 3.05) is 0 Å². The van der Waals surface area contributed by atoms with Gasteiger partial charge < -0.3 is 0 Å². The van der Waals surface area contributed by atoms with E-state index in [0.717, 1.165) is 0 Å². The van der Waals surface area contributed by atoms with Crippen LogP contribution < -0.4 is 0 Å². The van der Waals surface area contributed by atoms with Gasteiger partial charge in [-0.1, -0.05) is 158 Å². The van der Waals surface area contributed by atoms with Crippen molar-refractivity contribution in [2.45, 2.75) is 27.1 Å². The van der Waals surface area contributed by atoms with Crippen molar-refractivity contribution in [1.29, 1.82) is 0 Å². The predicted octanol–water partition coefficient (Wildman–Crippen LogP) is 22.4. The molecule has 0 amide bonds. The second-order valence-corrected chi connectivity index (χ2v) is 33.6. The van der Waals surface area contributed by atoms with Crippen LogP contribution in [0.25, 0.3) is 221 Å². The van der Waals surface area contributed by atoms with Gasteiger partial charge in [-0.2, -0.15) is 0 Å². The van der Waals surface area contributed by atoms with Crippen LogP contribution in [-0.2, 0) is 27.1 Å². The Morgan fingerprint density at radius 3 is 0.806 bits per heavy atom. The van der Waals surface area contributed by atoms with E-state index in [-0.39, 0.29) is 0 Å². The molecule has 1 heterocycles. The van der Waals surface area contributed by atoms with Crippen LogP contribution >= 0.6 is 0 Å². The zero-order chi connectivity index (χ0) is 60.0. The normalized spacial score (nSPS) is 26.6. The smallest absolute Gasteiger partial charge is 0.0724 e. The molecule has 98 heavy (non-hydrogen) atoms. The van der Waals surface area contributed by atoms with Crippen molar-refractivity contribution in [2.24, 2.45) is 5.41 Å². The topological polar surface area (TPSA) is 12.9 Å². The second kappa shape index (κ2) is 10.4. The zero-order valence-electron chi connectivity index (χ0n) is 51.2. The third kappa shape index (κ3) is 2.52. The van der Waals surface area contributed by atoms with E-state index in [0.29, 0.717) is 0 Å². The highest BCUT2D eigenvalue weighted by Gasteiger charge is 2.87. The van der Waals surface area contributed by atoms with E-state index < -0.39 is 32.5 Å². The lowest BCUT2D eigenvalue weighted by Crippen LogP contribution is -2.64. The number of allylic oxidation sites excluding steroid dienone is 5. The zero-order valence-corrected chi connectivity index (χ0v) is 51.2. The summed E-state index contributed by atoms with van der Waals surface area (Å²) in [5.74, 6) is 0. The molecular formula is C97H29N. The maximum atomic E-state index is 5.18. The first-order chi connectivity index (χ1) is 48.8. The predicted molar refractivity (Wildman–Crippen MR) is 397 cm³/mol. The SMILES string of the molecule is C1=C(c2cccnc2)c2ccccc2C23c4c5c6c7c8c9c%10c%11c%12c%13c%14c%15c%16c%17c%18c%19c(c2c2c4c4c6c6c%20c7c%10c7c%10c%11c%14c%11c%14c%15c%18c%15c%18c%19c2c2c4c6c4c(c7%20)c(c%10%11)c(c%14%15)c4c%182)C%17(c2ccccc2)C2=C(C(=C(C85c4ccccc4)C123)C%129c1ccccc1)C%13%16c1ccccc1. The van der Waals surface area contributed by atoms with Crippen LogP contribution in [0, 0.1) is 5.41 Å². The number of hydrogen-bond donors (Lipinski definition) is 0. The summed E-state index contributed by atoms with van der Waals surface area (Å²) in [4.78, 5) is 5.18. The molecule has 0 aliphatic heterocycles. The van der Waals surface area contributed by atoms with E-state index in [2.05, 4.69) is 170 Å². The molecule has 27 aromatic rings. The molecule has 0 saturated carbocycles. The van der Waals surface area contributed by atoms with Crippen LogP contribution in [0.15, 0.2) is 198 Å². The molecular weight excluding hydrogens is 1180 g/mol. The molecule has 2 spiro atoms. The molecule has 4 unspecified atom stereocenters. The number of pyridine rings is 1. The standard InChI is InChI=1S/C97H29N/c1-5-17-31(18-6-1)93-78-68-58-48-43-38-39-41-42-40(38)45-51-49(43)59(58)69-71-61(51)63-53(45)55-47(42)57-56-46(41)54-52-44(39)50(48)60-62(52)72-74-64(54)66(56)76-77-67(57)65(55)75-73(63)83-81(71)94(79(69)78,32-19-7-2-8-20-32)89-88(93)90-92-28-36(30-16-15-27-98-29-30)35-25-13-14-26-37(35)97(92,87(77)85(75)96(83,91(89)92)34-23-11-4-12-24-34)86(76)84(74)95(90,33-21-9-3-10-22-33)82(72)80(93)70(60)68/h1-29H. The van der Waals surface area contributed by atoms with Crippen molar-refractivity contribution in [3.05, 3.63) is 293 Å². The van der Waals surface area contributed by atoms with Crippen molar-refractivity contribution in [1.82, 2.24) is 4.98 Å². The number of nitrogens with zero attached hydrogens (tertiary/aromatic N) is 1. The lowest BCUT2D eigenvalue weighted by Gasteiger charge is -2.67. The average molecular weight is 1210 g/mol. The third-order valence-electron chi connectivity index (χ3n) is 32.7. The Balaban J connectivity index is 1.03. The first kappa shape index (κ1) is 41.0. The summed E-state index contributed by atoms with van der Waals surface area (Å²) in [6.45, 7) is 0. The fraction of sp³-hybridized carbons (Fsp3) is 0.0619. The fourth-order valence-corrected chi connectivity index (χ4v) is 32.2. The molecule has 1 heteroatoms. The molecule has 4 atom stereocenters. The number of aromatic nitrogens is 1. The van der Waals surface area contributed by atoms with Gasteiger partial charge >= 0.3 is 0 Å². The fourth-order valence-electron chi connectivity index (χ4n) is 32.2. The van der Waals surface area contributed by atoms with E-state index in [1.54, 1.807) is 293 Å². The minimum atomic E-state index is -0.831. The minimum absolute atomic E-state index is 0.727. The summed E-state index contributed by atoms with van der Waals surface area (Å²) in [5, 5.41) is 64.4. The molecule has 12 aliphatic carbocycles. The van der Waals surface area contributed by atoms with Crippen LogP contribution in [0.5, 0.6) is 0 Å². The lowest BCUT2D eigenvalue weighted by molar-refractivity contribution is 0.279. The molecule has 0 fully saturated rings. The van der Waals surface area contributed by atoms with Crippen LogP contribution in [0.3, 0.4) is 0 Å². The molecule has 0 saturated heterocycles. The Morgan fingerprint density at radius 1 is 0.224 bits per heavy atom. The summed E-state index contributed by atoms with van der Waals surface area (Å²) in [5.41, 5.74) is 29.8. The van der Waals surface area contributed by atoms with Crippen LogP contribution in [0.1, 0.15) is 94.6 Å². The lowest BCUT2D eigenvalue weighted by atomic mass is 9.32. The summed E-state index contributed by atoms with van der Waals surface area (Å²) in [6, 6.07) is 65.1. The van der Waals surface area contributed by atoms with Gasteiger partial charge in [0.15, 0.2) is 0 Å². The van der Waals surface area contributed by atoms with Gasteiger partial charge in [0.05, 0.1) is 32.5 Å². The van der Waals surface area contributed by atoms with Gasteiger partial charge in [-0.3, -0.25) is 4.98 Å². The van der Waals surface area contributed by atoms with Crippen molar-refractivity contribution in [3.8, 4) is 0 Å². The molecule has 0 bridgehead atoms. The molecule has 1 aromatic heterocycles. The van der Waals surface area contributed by atoms with Gasteiger partial charge in [0.1, 0.15) is 0 Å². The van der Waals surface area contributed by atoms with E-state index in [1.165, 1.54) is 44.5 Å². The van der Waals surface area contributed by atoms with Crippen molar-refractivity contribution >= 4 is 221 Å². The first-order valence-electron chi connectivity index (χ1n) is 36.1. The molecule has 422 valence electrons. The Kier molecular flexibility index (Phi) is 4.36. The summed E-state index contributed by atoms with van der Waals surface area (Å²) >= 11 is 0. The van der Waals surface area contributed by atoms with Crippen molar-refractivity contribution < 1.29 is 0 Å². The molecule has 0 N–H and O–H groups in total. The first-order valence-corrected chi connectivity index (χ1v) is 36.1. The molecule has 39 rings (SSSR count). The van der Waals surface area contributed by atoms with E-state index in [1.807, 2.05) is 6.20 Å². The van der Waals surface area contributed by atoms with Crippen LogP contribution in [-0.4, -0.2) is 4.98 Å². The van der Waals surface area contributed by atoms with Gasteiger partial charge in [-0.05, 0) is 338 Å². The maximum absolute atomic E-state index is 5.18. The van der Waals surface area contributed by atoms with E-state index in [4.69, 9.17) is 4.98 Å². The van der Waals surface area contributed by atoms with Gasteiger partial charge in [-0.25, -0.2) is 0 Å². The quantitative estimate of drug-likeness (QED) is 0.157. The van der Waals surface area contributed by atoms with Crippen LogP contribution in [0.2, 0.25) is 0 Å². The number of hydrogen-bond acceptors (Lipinski definition) is 1. The van der Waals surface area contributed by atoms with Gasteiger partial charge in [0.25, 0.3) is 0 Å². The maximum Gasteiger partial charge on any atom is 0.0724 e. The summed E-state index contributed by atoms with van der Waals surface area (Å²) in [7, 11) is 0. The monoisotopic (exact) mass is 1210 g/mol. The molecule has 1 nitrogen and oxygen atoms in total. The Bertz CT molecular complexity index is 8630. The number of rotatable bonds is 5. The summed E-state index contributed by atoms with van der Waals surface area (Å²) in [6.07, 6.45) is 7.35. The van der Waals surface area contributed by atoms with Gasteiger partial charge in [0, 0.05) is 18.0 Å².